The lowest BCUT2D eigenvalue weighted by Gasteiger charge is -2.26. The summed E-state index contributed by atoms with van der Waals surface area (Å²) >= 11 is 0. The van der Waals surface area contributed by atoms with E-state index in [2.05, 4.69) is 44.0 Å². The molecule has 0 atom stereocenters. The number of likely N-dealkylation sites (tertiary alicyclic amines) is 1. The lowest BCUT2D eigenvalue weighted by Crippen LogP contribution is -2.35. The summed E-state index contributed by atoms with van der Waals surface area (Å²) in [6.07, 6.45) is 9.42. The van der Waals surface area contributed by atoms with E-state index in [0.29, 0.717) is 37.8 Å². The summed E-state index contributed by atoms with van der Waals surface area (Å²) in [5.41, 5.74) is 1.97. The Morgan fingerprint density at radius 3 is 2.51 bits per heavy atom. The number of guanidine groups is 1. The number of hydrogen-bond acceptors (Lipinski definition) is 5. The van der Waals surface area contributed by atoms with Crippen LogP contribution in [0.1, 0.15) is 60.9 Å². The molecule has 1 fully saturated rings. The van der Waals surface area contributed by atoms with E-state index < -0.39 is 0 Å². The predicted molar refractivity (Wildman–Crippen MR) is 147 cm³/mol. The molecule has 8 heteroatoms. The van der Waals surface area contributed by atoms with Crippen molar-refractivity contribution in [1.82, 2.24) is 20.9 Å². The Labute approximate surface area is 221 Å². The molecule has 1 amide bonds. The number of hydrogen-bond donors (Lipinski definition) is 3. The van der Waals surface area contributed by atoms with Crippen molar-refractivity contribution in [2.45, 2.75) is 51.5 Å². The number of benzene rings is 2. The van der Waals surface area contributed by atoms with Crippen molar-refractivity contribution >= 4 is 11.9 Å². The first-order chi connectivity index (χ1) is 18.2. The fourth-order valence-corrected chi connectivity index (χ4v) is 4.27. The second-order valence-electron chi connectivity index (χ2n) is 9.26. The number of unbranched alkanes of at least 4 members (excludes halogenated alkanes) is 2. The van der Waals surface area contributed by atoms with Gasteiger partial charge in [0, 0.05) is 38.2 Å². The molecular weight excluding hydrogens is 464 g/mol. The summed E-state index contributed by atoms with van der Waals surface area (Å²) in [6, 6.07) is 17.6. The highest BCUT2D eigenvalue weighted by atomic mass is 16.5. The Morgan fingerprint density at radius 1 is 0.946 bits per heavy atom. The maximum absolute atomic E-state index is 12.0. The van der Waals surface area contributed by atoms with Crippen LogP contribution in [0.5, 0.6) is 5.75 Å². The first kappa shape index (κ1) is 28.0. The summed E-state index contributed by atoms with van der Waals surface area (Å²) in [6.45, 7) is 5.85. The van der Waals surface area contributed by atoms with E-state index in [1.807, 2.05) is 42.6 Å². The van der Waals surface area contributed by atoms with Crippen LogP contribution in [0.3, 0.4) is 0 Å². The fourth-order valence-electron chi connectivity index (χ4n) is 4.27. The number of rotatable bonds is 14. The number of nitrogens with one attached hydrogen (secondary N) is 3. The summed E-state index contributed by atoms with van der Waals surface area (Å²) in [5.74, 6) is 1.34. The minimum atomic E-state index is -0.0412. The molecule has 2 aromatic carbocycles. The summed E-state index contributed by atoms with van der Waals surface area (Å²) in [5, 5.41) is 17.7. The van der Waals surface area contributed by atoms with Gasteiger partial charge in [-0.15, -0.1) is 0 Å². The Kier molecular flexibility index (Phi) is 12.9. The monoisotopic (exact) mass is 504 g/mol. The van der Waals surface area contributed by atoms with Crippen LogP contribution in [0.2, 0.25) is 0 Å². The molecule has 1 aliphatic heterocycles. The van der Waals surface area contributed by atoms with Gasteiger partial charge in [-0.05, 0) is 75.0 Å². The lowest BCUT2D eigenvalue weighted by atomic mass is 10.1. The van der Waals surface area contributed by atoms with Gasteiger partial charge in [-0.2, -0.15) is 5.26 Å². The molecule has 0 radical (unpaired) electrons. The molecule has 0 unspecified atom stereocenters. The normalized spacial score (nSPS) is 14.0. The molecule has 0 saturated carbocycles. The summed E-state index contributed by atoms with van der Waals surface area (Å²) in [7, 11) is 0. The van der Waals surface area contributed by atoms with Crippen molar-refractivity contribution in [3.63, 3.8) is 0 Å². The molecule has 1 heterocycles. The van der Waals surface area contributed by atoms with Gasteiger partial charge in [-0.1, -0.05) is 36.8 Å². The molecule has 1 saturated heterocycles. The average Bonchev–Trinajstić information content (AvgIpc) is 2.93. The van der Waals surface area contributed by atoms with Gasteiger partial charge in [0.25, 0.3) is 5.91 Å². The van der Waals surface area contributed by atoms with Gasteiger partial charge in [-0.3, -0.25) is 20.0 Å². The Morgan fingerprint density at radius 2 is 1.73 bits per heavy atom. The fraction of sp³-hybridized carbons (Fsp3) is 0.483. The number of amides is 1. The van der Waals surface area contributed by atoms with Gasteiger partial charge in [-0.25, -0.2) is 0 Å². The number of aliphatic imine (C=N–C) groups is 1. The van der Waals surface area contributed by atoms with Gasteiger partial charge in [0.05, 0.1) is 6.61 Å². The quantitative estimate of drug-likeness (QED) is 0.118. The van der Waals surface area contributed by atoms with Crippen molar-refractivity contribution in [2.75, 3.05) is 39.3 Å². The van der Waals surface area contributed by atoms with Gasteiger partial charge in [0.1, 0.15) is 5.75 Å². The number of carbonyl (C=O) groups excluding carboxylic acids is 1. The Hall–Kier alpha value is -3.57. The predicted octanol–water partition coefficient (Wildman–Crippen LogP) is 4.06. The van der Waals surface area contributed by atoms with Crippen LogP contribution in [0.15, 0.2) is 59.6 Å². The van der Waals surface area contributed by atoms with Crippen molar-refractivity contribution in [2.24, 2.45) is 4.99 Å². The van der Waals surface area contributed by atoms with E-state index >= 15 is 0 Å². The largest absolute Gasteiger partial charge is 0.494 e. The van der Waals surface area contributed by atoms with Gasteiger partial charge in [0.15, 0.2) is 6.19 Å². The SMILES string of the molecule is N#CNC(=NCCCOc1cccc(CN2CCCCC2)c1)NCCCCCNC(=O)c1ccccc1. The van der Waals surface area contributed by atoms with Crippen LogP contribution in [0.4, 0.5) is 0 Å². The molecule has 0 aromatic heterocycles. The molecule has 0 spiro atoms. The molecule has 3 rings (SSSR count). The molecule has 2 aromatic rings. The maximum atomic E-state index is 12.0. The average molecular weight is 505 g/mol. The number of ether oxygens (including phenoxy) is 1. The van der Waals surface area contributed by atoms with Crippen LogP contribution >= 0.6 is 0 Å². The van der Waals surface area contributed by atoms with E-state index in [4.69, 9.17) is 10.00 Å². The van der Waals surface area contributed by atoms with E-state index in [0.717, 1.165) is 38.0 Å². The standard InChI is InChI=1S/C29H40N6O2/c30-24-34-29(32-17-7-2-6-16-31-28(36)26-13-4-1-5-14-26)33-18-11-21-37-27-15-10-12-25(22-27)23-35-19-8-3-9-20-35/h1,4-5,10,12-15,22H,2-3,6-9,11,16-21,23H2,(H,31,36)(H2,32,33,34). The second-order valence-corrected chi connectivity index (χ2v) is 9.26. The van der Waals surface area contributed by atoms with Crippen molar-refractivity contribution in [3.05, 3.63) is 65.7 Å². The summed E-state index contributed by atoms with van der Waals surface area (Å²) < 4.78 is 5.94. The third-order valence-electron chi connectivity index (χ3n) is 6.24. The third kappa shape index (κ3) is 11.4. The highest BCUT2D eigenvalue weighted by Gasteiger charge is 2.10. The van der Waals surface area contributed by atoms with E-state index in [1.165, 1.54) is 37.9 Å². The molecular formula is C29H40N6O2. The van der Waals surface area contributed by atoms with Gasteiger partial charge < -0.3 is 15.4 Å². The first-order valence-corrected chi connectivity index (χ1v) is 13.5. The zero-order valence-electron chi connectivity index (χ0n) is 21.8. The number of piperidine rings is 1. The Balaban J connectivity index is 1.26. The maximum Gasteiger partial charge on any atom is 0.251 e. The van der Waals surface area contributed by atoms with Crippen LogP contribution < -0.4 is 20.7 Å². The van der Waals surface area contributed by atoms with E-state index in [1.54, 1.807) is 0 Å². The van der Waals surface area contributed by atoms with Crippen LogP contribution in [0, 0.1) is 11.5 Å². The first-order valence-electron chi connectivity index (χ1n) is 13.5. The zero-order valence-corrected chi connectivity index (χ0v) is 21.8. The topological polar surface area (TPSA) is 102 Å². The molecule has 3 N–H and O–H groups in total. The van der Waals surface area contributed by atoms with E-state index in [-0.39, 0.29) is 5.91 Å². The summed E-state index contributed by atoms with van der Waals surface area (Å²) in [4.78, 5) is 19.0. The zero-order chi connectivity index (χ0) is 26.0. The molecule has 1 aliphatic rings. The second kappa shape index (κ2) is 17.0. The highest BCUT2D eigenvalue weighted by molar-refractivity contribution is 5.94. The molecule has 37 heavy (non-hydrogen) atoms. The van der Waals surface area contributed by atoms with Crippen molar-refractivity contribution in [1.29, 1.82) is 5.26 Å². The smallest absolute Gasteiger partial charge is 0.251 e. The van der Waals surface area contributed by atoms with Crippen LogP contribution in [-0.2, 0) is 6.54 Å². The van der Waals surface area contributed by atoms with Gasteiger partial charge >= 0.3 is 0 Å². The minimum Gasteiger partial charge on any atom is -0.494 e. The molecule has 0 bridgehead atoms. The number of carbonyl (C=O) groups is 1. The van der Waals surface area contributed by atoms with Crippen molar-refractivity contribution in [3.8, 4) is 11.9 Å². The Bertz CT molecular complexity index is 999. The minimum absolute atomic E-state index is 0.0412. The molecule has 8 nitrogen and oxygen atoms in total. The third-order valence-corrected chi connectivity index (χ3v) is 6.24. The lowest BCUT2D eigenvalue weighted by molar-refractivity contribution is 0.0953. The number of nitrogens with zero attached hydrogens (tertiary/aromatic N) is 3. The van der Waals surface area contributed by atoms with Crippen LogP contribution in [0.25, 0.3) is 0 Å². The molecule has 198 valence electrons. The number of nitriles is 1. The van der Waals surface area contributed by atoms with Gasteiger partial charge in [0.2, 0.25) is 5.96 Å². The highest BCUT2D eigenvalue weighted by Crippen LogP contribution is 2.17. The van der Waals surface area contributed by atoms with E-state index in [9.17, 15) is 4.79 Å². The van der Waals surface area contributed by atoms with Crippen molar-refractivity contribution < 1.29 is 9.53 Å². The van der Waals surface area contributed by atoms with Crippen LogP contribution in [-0.4, -0.2) is 56.1 Å². The molecule has 0 aliphatic carbocycles.